The van der Waals surface area contributed by atoms with Crippen molar-refractivity contribution in [3.05, 3.63) is 30.0 Å². The monoisotopic (exact) mass is 261 g/mol. The Bertz CT molecular complexity index is 550. The van der Waals surface area contributed by atoms with E-state index in [1.165, 1.54) is 0 Å². The summed E-state index contributed by atoms with van der Waals surface area (Å²) in [5.41, 5.74) is 6.20. The van der Waals surface area contributed by atoms with Gasteiger partial charge < -0.3 is 15.8 Å². The summed E-state index contributed by atoms with van der Waals surface area (Å²) in [6.45, 7) is 2.71. The van der Waals surface area contributed by atoms with Crippen molar-refractivity contribution in [1.29, 1.82) is 0 Å². The number of carbonyl (C=O) groups is 1. The average Bonchev–Trinajstić information content (AvgIpc) is 2.84. The van der Waals surface area contributed by atoms with Gasteiger partial charge in [0.05, 0.1) is 6.61 Å². The first-order chi connectivity index (χ1) is 9.20. The van der Waals surface area contributed by atoms with E-state index in [9.17, 15) is 4.79 Å². The van der Waals surface area contributed by atoms with E-state index in [0.717, 1.165) is 12.2 Å². The van der Waals surface area contributed by atoms with Gasteiger partial charge in [-0.1, -0.05) is 6.92 Å². The molecule has 0 saturated carbocycles. The van der Waals surface area contributed by atoms with E-state index in [-0.39, 0.29) is 11.5 Å². The molecule has 0 aliphatic heterocycles. The largest absolute Gasteiger partial charge is 0.494 e. The third-order valence-corrected chi connectivity index (χ3v) is 2.37. The lowest BCUT2D eigenvalue weighted by Gasteiger charge is -2.06. The van der Waals surface area contributed by atoms with E-state index in [1.807, 2.05) is 6.92 Å². The molecule has 2 rings (SSSR count). The second-order valence-corrected chi connectivity index (χ2v) is 3.88. The van der Waals surface area contributed by atoms with Crippen LogP contribution in [0.3, 0.4) is 0 Å². The number of nitrogen functional groups attached to an aromatic ring is 1. The molecule has 0 spiro atoms. The van der Waals surface area contributed by atoms with Crippen LogP contribution < -0.4 is 15.8 Å². The van der Waals surface area contributed by atoms with Gasteiger partial charge >= 0.3 is 0 Å². The van der Waals surface area contributed by atoms with Crippen LogP contribution in [0.25, 0.3) is 0 Å². The Morgan fingerprint density at radius 2 is 2.11 bits per heavy atom. The Kier molecular flexibility index (Phi) is 3.97. The number of hydrogen-bond acceptors (Lipinski definition) is 5. The number of hydrogen-bond donors (Lipinski definition) is 3. The quantitative estimate of drug-likeness (QED) is 0.754. The number of nitrogens with two attached hydrogens (primary N) is 1. The number of benzene rings is 1. The van der Waals surface area contributed by atoms with Crippen molar-refractivity contribution >= 4 is 17.4 Å². The lowest BCUT2D eigenvalue weighted by atomic mass is 10.3. The number of aromatic nitrogens is 3. The number of ether oxygens (including phenoxy) is 1. The minimum Gasteiger partial charge on any atom is -0.494 e. The first-order valence-corrected chi connectivity index (χ1v) is 5.91. The standard InChI is InChI=1S/C12H15N5O2/c1-2-7-19-9-5-3-8(4-6-9)14-12(18)10-11(13)16-17-15-10/h3-6H,2,7H2,1H3,(H,14,18)(H3,13,15,16,17). The Balaban J connectivity index is 2.00. The number of nitrogens with zero attached hydrogens (tertiary/aromatic N) is 2. The van der Waals surface area contributed by atoms with Crippen molar-refractivity contribution in [2.24, 2.45) is 0 Å². The molecular formula is C12H15N5O2. The molecule has 0 saturated heterocycles. The van der Waals surface area contributed by atoms with Crippen LogP contribution in [0.4, 0.5) is 11.5 Å². The van der Waals surface area contributed by atoms with Gasteiger partial charge in [0.2, 0.25) is 0 Å². The van der Waals surface area contributed by atoms with Crippen LogP contribution in [0.1, 0.15) is 23.8 Å². The highest BCUT2D eigenvalue weighted by atomic mass is 16.5. The zero-order chi connectivity index (χ0) is 13.7. The highest BCUT2D eigenvalue weighted by Gasteiger charge is 2.13. The lowest BCUT2D eigenvalue weighted by Crippen LogP contribution is -2.14. The molecule has 0 atom stereocenters. The summed E-state index contributed by atoms with van der Waals surface area (Å²) in [5, 5.41) is 12.2. The van der Waals surface area contributed by atoms with Crippen LogP contribution in [-0.2, 0) is 0 Å². The first kappa shape index (κ1) is 12.9. The highest BCUT2D eigenvalue weighted by molar-refractivity contribution is 6.05. The van der Waals surface area contributed by atoms with Crippen molar-refractivity contribution in [2.75, 3.05) is 17.7 Å². The minimum atomic E-state index is -0.409. The normalized spacial score (nSPS) is 10.2. The summed E-state index contributed by atoms with van der Waals surface area (Å²) in [5.74, 6) is 0.426. The maximum atomic E-state index is 11.8. The summed E-state index contributed by atoms with van der Waals surface area (Å²) >= 11 is 0. The first-order valence-electron chi connectivity index (χ1n) is 5.91. The maximum Gasteiger partial charge on any atom is 0.280 e. The molecule has 0 bridgehead atoms. The zero-order valence-electron chi connectivity index (χ0n) is 10.5. The Hall–Kier alpha value is -2.57. The topological polar surface area (TPSA) is 106 Å². The van der Waals surface area contributed by atoms with Gasteiger partial charge in [0, 0.05) is 5.69 Å². The Morgan fingerprint density at radius 3 is 2.68 bits per heavy atom. The molecule has 2 aromatic rings. The Morgan fingerprint density at radius 1 is 1.37 bits per heavy atom. The predicted molar refractivity (Wildman–Crippen MR) is 71.0 cm³/mol. The average molecular weight is 261 g/mol. The summed E-state index contributed by atoms with van der Waals surface area (Å²) in [6, 6.07) is 7.08. The minimum absolute atomic E-state index is 0.0698. The molecule has 7 nitrogen and oxygen atoms in total. The number of nitrogens with one attached hydrogen (secondary N) is 2. The lowest BCUT2D eigenvalue weighted by molar-refractivity contribution is 0.102. The third kappa shape index (κ3) is 3.21. The van der Waals surface area contributed by atoms with Crippen LogP contribution in [0, 0.1) is 0 Å². The van der Waals surface area contributed by atoms with Crippen LogP contribution in [-0.4, -0.2) is 27.9 Å². The van der Waals surface area contributed by atoms with Crippen LogP contribution in [0.5, 0.6) is 5.75 Å². The van der Waals surface area contributed by atoms with Gasteiger partial charge in [0.15, 0.2) is 11.5 Å². The molecular weight excluding hydrogens is 246 g/mol. The van der Waals surface area contributed by atoms with Crippen molar-refractivity contribution in [3.63, 3.8) is 0 Å². The van der Waals surface area contributed by atoms with Crippen molar-refractivity contribution < 1.29 is 9.53 Å². The SMILES string of the molecule is CCCOc1ccc(NC(=O)c2n[nH]nc2N)cc1. The molecule has 0 aliphatic rings. The molecule has 7 heteroatoms. The predicted octanol–water partition coefficient (Wildman–Crippen LogP) is 1.43. The smallest absolute Gasteiger partial charge is 0.280 e. The fourth-order valence-corrected chi connectivity index (χ4v) is 1.45. The summed E-state index contributed by atoms with van der Waals surface area (Å²) in [7, 11) is 0. The molecule has 0 radical (unpaired) electrons. The van der Waals surface area contributed by atoms with Crippen molar-refractivity contribution in [1.82, 2.24) is 15.4 Å². The number of aromatic amines is 1. The van der Waals surface area contributed by atoms with E-state index in [4.69, 9.17) is 10.5 Å². The second kappa shape index (κ2) is 5.85. The molecule has 0 aliphatic carbocycles. The molecule has 1 amide bonds. The molecule has 100 valence electrons. The molecule has 0 fully saturated rings. The fourth-order valence-electron chi connectivity index (χ4n) is 1.45. The van der Waals surface area contributed by atoms with Crippen LogP contribution in [0.15, 0.2) is 24.3 Å². The summed E-state index contributed by atoms with van der Waals surface area (Å²) < 4.78 is 5.45. The van der Waals surface area contributed by atoms with Gasteiger partial charge in [-0.15, -0.1) is 10.2 Å². The Labute approximate surface area is 110 Å². The molecule has 0 unspecified atom stereocenters. The van der Waals surface area contributed by atoms with Gasteiger partial charge in [-0.2, -0.15) is 5.21 Å². The van der Waals surface area contributed by atoms with Crippen LogP contribution in [0.2, 0.25) is 0 Å². The molecule has 1 aromatic carbocycles. The van der Waals surface area contributed by atoms with E-state index in [0.29, 0.717) is 12.3 Å². The second-order valence-electron chi connectivity index (χ2n) is 3.88. The number of amides is 1. The van der Waals surface area contributed by atoms with Crippen molar-refractivity contribution in [2.45, 2.75) is 13.3 Å². The zero-order valence-corrected chi connectivity index (χ0v) is 10.5. The van der Waals surface area contributed by atoms with E-state index >= 15 is 0 Å². The molecule has 4 N–H and O–H groups in total. The molecule has 1 heterocycles. The van der Waals surface area contributed by atoms with Gasteiger partial charge in [0.1, 0.15) is 5.75 Å². The summed E-state index contributed by atoms with van der Waals surface area (Å²) in [4.78, 5) is 11.8. The third-order valence-electron chi connectivity index (χ3n) is 2.37. The maximum absolute atomic E-state index is 11.8. The number of carbonyl (C=O) groups excluding carboxylic acids is 1. The molecule has 19 heavy (non-hydrogen) atoms. The van der Waals surface area contributed by atoms with E-state index in [1.54, 1.807) is 24.3 Å². The van der Waals surface area contributed by atoms with Gasteiger partial charge in [0.25, 0.3) is 5.91 Å². The number of rotatable bonds is 5. The van der Waals surface area contributed by atoms with Gasteiger partial charge in [-0.05, 0) is 30.7 Å². The van der Waals surface area contributed by atoms with Crippen molar-refractivity contribution in [3.8, 4) is 5.75 Å². The van der Waals surface area contributed by atoms with Crippen LogP contribution >= 0.6 is 0 Å². The highest BCUT2D eigenvalue weighted by Crippen LogP contribution is 2.16. The van der Waals surface area contributed by atoms with Gasteiger partial charge in [-0.25, -0.2) is 0 Å². The fraction of sp³-hybridized carbons (Fsp3) is 0.250. The summed E-state index contributed by atoms with van der Waals surface area (Å²) in [6.07, 6.45) is 0.948. The van der Waals surface area contributed by atoms with E-state index in [2.05, 4.69) is 20.7 Å². The molecule has 1 aromatic heterocycles. The van der Waals surface area contributed by atoms with Gasteiger partial charge in [-0.3, -0.25) is 4.79 Å². The number of H-pyrrole nitrogens is 1. The number of anilines is 2. The van der Waals surface area contributed by atoms with E-state index < -0.39 is 5.91 Å².